The highest BCUT2D eigenvalue weighted by molar-refractivity contribution is 5.74. The summed E-state index contributed by atoms with van der Waals surface area (Å²) in [4.78, 5) is 11.8. The molecule has 2 unspecified atom stereocenters. The minimum atomic E-state index is -0.953. The third-order valence-corrected chi connectivity index (χ3v) is 3.53. The van der Waals surface area contributed by atoms with Crippen molar-refractivity contribution in [2.45, 2.75) is 44.8 Å². The average molecular weight is 320 g/mol. The molecule has 0 saturated carbocycles. The molecule has 0 aliphatic heterocycles. The Morgan fingerprint density at radius 2 is 1.96 bits per heavy atom. The van der Waals surface area contributed by atoms with E-state index >= 15 is 0 Å². The summed E-state index contributed by atoms with van der Waals surface area (Å²) in [6.07, 6.45) is 6.70. The Morgan fingerprint density at radius 3 is 2.61 bits per heavy atom. The fourth-order valence-corrected chi connectivity index (χ4v) is 2.12. The van der Waals surface area contributed by atoms with Gasteiger partial charge in [-0.2, -0.15) is 0 Å². The molecule has 2 atom stereocenters. The highest BCUT2D eigenvalue weighted by Crippen LogP contribution is 2.04. The van der Waals surface area contributed by atoms with Crippen LogP contribution in [0.5, 0.6) is 0 Å². The standard InChI is InChI=1S/C18H28N2O3/c1-2-3-4-8-13-19-18(23)20-16(14-21)17(22)12-11-15-9-6-5-7-10-15/h5-7,9-12,16-17,21-22H,2-4,8,13-14H2,1H3,(H2,19,20,23). The van der Waals surface area contributed by atoms with Crippen molar-refractivity contribution in [3.63, 3.8) is 0 Å². The summed E-state index contributed by atoms with van der Waals surface area (Å²) in [5.41, 5.74) is 0.948. The molecular weight excluding hydrogens is 292 g/mol. The van der Waals surface area contributed by atoms with Crippen molar-refractivity contribution >= 4 is 12.1 Å². The van der Waals surface area contributed by atoms with Crippen molar-refractivity contribution < 1.29 is 15.0 Å². The van der Waals surface area contributed by atoms with Gasteiger partial charge in [-0.05, 0) is 12.0 Å². The zero-order chi connectivity index (χ0) is 16.9. The Balaban J connectivity index is 2.36. The van der Waals surface area contributed by atoms with E-state index in [9.17, 15) is 15.0 Å². The van der Waals surface area contributed by atoms with Crippen LogP contribution in [-0.2, 0) is 0 Å². The van der Waals surface area contributed by atoms with Gasteiger partial charge >= 0.3 is 6.03 Å². The number of carbonyl (C=O) groups excluding carboxylic acids is 1. The molecule has 0 bridgehead atoms. The Hall–Kier alpha value is -1.85. The van der Waals surface area contributed by atoms with Gasteiger partial charge in [0.15, 0.2) is 0 Å². The molecule has 0 spiro atoms. The summed E-state index contributed by atoms with van der Waals surface area (Å²) in [7, 11) is 0. The second kappa shape index (κ2) is 11.7. The van der Waals surface area contributed by atoms with Gasteiger partial charge in [0, 0.05) is 6.54 Å². The van der Waals surface area contributed by atoms with Gasteiger partial charge in [-0.25, -0.2) is 4.79 Å². The minimum absolute atomic E-state index is 0.330. The number of hydrogen-bond donors (Lipinski definition) is 4. The van der Waals surface area contributed by atoms with E-state index in [-0.39, 0.29) is 12.6 Å². The van der Waals surface area contributed by atoms with Crippen LogP contribution in [0.15, 0.2) is 36.4 Å². The summed E-state index contributed by atoms with van der Waals surface area (Å²) in [6.45, 7) is 2.40. The van der Waals surface area contributed by atoms with Gasteiger partial charge in [0.2, 0.25) is 0 Å². The molecule has 2 amide bonds. The fourth-order valence-electron chi connectivity index (χ4n) is 2.12. The third-order valence-electron chi connectivity index (χ3n) is 3.53. The zero-order valence-electron chi connectivity index (χ0n) is 13.7. The molecule has 0 aliphatic rings. The van der Waals surface area contributed by atoms with Gasteiger partial charge in [0.25, 0.3) is 0 Å². The van der Waals surface area contributed by atoms with Crippen molar-refractivity contribution in [1.29, 1.82) is 0 Å². The molecule has 128 valence electrons. The number of amides is 2. The summed E-state index contributed by atoms with van der Waals surface area (Å²) < 4.78 is 0. The molecule has 23 heavy (non-hydrogen) atoms. The topological polar surface area (TPSA) is 81.6 Å². The van der Waals surface area contributed by atoms with Crippen LogP contribution >= 0.6 is 0 Å². The Labute approximate surface area is 138 Å². The maximum absolute atomic E-state index is 11.8. The second-order valence-electron chi connectivity index (χ2n) is 5.51. The lowest BCUT2D eigenvalue weighted by Gasteiger charge is -2.20. The largest absolute Gasteiger partial charge is 0.394 e. The lowest BCUT2D eigenvalue weighted by atomic mass is 10.1. The molecular formula is C18H28N2O3. The fraction of sp³-hybridized carbons (Fsp3) is 0.500. The number of nitrogens with one attached hydrogen (secondary N) is 2. The Kier molecular flexibility index (Phi) is 9.75. The van der Waals surface area contributed by atoms with Crippen LogP contribution in [-0.4, -0.2) is 41.5 Å². The molecule has 0 fully saturated rings. The first-order chi connectivity index (χ1) is 11.2. The maximum Gasteiger partial charge on any atom is 0.315 e. The number of rotatable bonds is 10. The summed E-state index contributed by atoms with van der Waals surface area (Å²) >= 11 is 0. The maximum atomic E-state index is 11.8. The predicted octanol–water partition coefficient (Wildman–Crippen LogP) is 2.30. The quantitative estimate of drug-likeness (QED) is 0.499. The van der Waals surface area contributed by atoms with E-state index in [1.54, 1.807) is 12.2 Å². The molecule has 0 aliphatic carbocycles. The molecule has 1 rings (SSSR count). The number of carbonyl (C=O) groups is 1. The number of aliphatic hydroxyl groups is 2. The van der Waals surface area contributed by atoms with Crippen molar-refractivity contribution in [2.24, 2.45) is 0 Å². The number of hydrogen-bond acceptors (Lipinski definition) is 3. The average Bonchev–Trinajstić information content (AvgIpc) is 2.58. The molecule has 0 heterocycles. The van der Waals surface area contributed by atoms with E-state index < -0.39 is 12.1 Å². The van der Waals surface area contributed by atoms with Crippen molar-refractivity contribution in [3.8, 4) is 0 Å². The molecule has 0 radical (unpaired) electrons. The highest BCUT2D eigenvalue weighted by Gasteiger charge is 2.17. The van der Waals surface area contributed by atoms with E-state index in [0.717, 1.165) is 31.2 Å². The highest BCUT2D eigenvalue weighted by atomic mass is 16.3. The van der Waals surface area contributed by atoms with Gasteiger partial charge < -0.3 is 20.8 Å². The summed E-state index contributed by atoms with van der Waals surface area (Å²) in [6, 6.07) is 8.44. The lowest BCUT2D eigenvalue weighted by molar-refractivity contribution is 0.126. The van der Waals surface area contributed by atoms with Crippen LogP contribution in [0, 0.1) is 0 Å². The van der Waals surface area contributed by atoms with Gasteiger partial charge in [-0.3, -0.25) is 0 Å². The van der Waals surface area contributed by atoms with E-state index in [1.165, 1.54) is 0 Å². The van der Waals surface area contributed by atoms with E-state index in [1.807, 2.05) is 30.3 Å². The Bertz CT molecular complexity index is 463. The SMILES string of the molecule is CCCCCCNC(=O)NC(CO)C(O)C=Cc1ccccc1. The predicted molar refractivity (Wildman–Crippen MR) is 93.0 cm³/mol. The van der Waals surface area contributed by atoms with Gasteiger partial charge in [-0.15, -0.1) is 0 Å². The van der Waals surface area contributed by atoms with Crippen molar-refractivity contribution in [1.82, 2.24) is 10.6 Å². The van der Waals surface area contributed by atoms with Crippen LogP contribution in [0.2, 0.25) is 0 Å². The molecule has 0 aromatic heterocycles. The van der Waals surface area contributed by atoms with Gasteiger partial charge in [0.05, 0.1) is 18.8 Å². The second-order valence-corrected chi connectivity index (χ2v) is 5.51. The van der Waals surface area contributed by atoms with Gasteiger partial charge in [-0.1, -0.05) is 68.7 Å². The molecule has 1 aromatic carbocycles. The van der Waals surface area contributed by atoms with E-state index in [0.29, 0.717) is 6.54 Å². The smallest absolute Gasteiger partial charge is 0.315 e. The molecule has 5 nitrogen and oxygen atoms in total. The van der Waals surface area contributed by atoms with Crippen LogP contribution in [0.3, 0.4) is 0 Å². The first kappa shape index (κ1) is 19.2. The third kappa shape index (κ3) is 8.38. The summed E-state index contributed by atoms with van der Waals surface area (Å²) in [5, 5.41) is 24.8. The van der Waals surface area contributed by atoms with Crippen LogP contribution in [0.4, 0.5) is 4.79 Å². The van der Waals surface area contributed by atoms with Crippen LogP contribution in [0.1, 0.15) is 38.2 Å². The monoisotopic (exact) mass is 320 g/mol. The van der Waals surface area contributed by atoms with Gasteiger partial charge in [0.1, 0.15) is 0 Å². The Morgan fingerprint density at radius 1 is 1.22 bits per heavy atom. The normalized spacial score (nSPS) is 13.7. The number of benzene rings is 1. The molecule has 1 aromatic rings. The number of urea groups is 1. The van der Waals surface area contributed by atoms with Crippen molar-refractivity contribution in [2.75, 3.05) is 13.2 Å². The first-order valence-electron chi connectivity index (χ1n) is 8.24. The zero-order valence-corrected chi connectivity index (χ0v) is 13.7. The summed E-state index contributed by atoms with van der Waals surface area (Å²) in [5.74, 6) is 0. The van der Waals surface area contributed by atoms with E-state index in [4.69, 9.17) is 0 Å². The van der Waals surface area contributed by atoms with Crippen molar-refractivity contribution in [3.05, 3.63) is 42.0 Å². The van der Waals surface area contributed by atoms with E-state index in [2.05, 4.69) is 17.6 Å². The minimum Gasteiger partial charge on any atom is -0.394 e. The number of unbranched alkanes of at least 4 members (excludes halogenated alkanes) is 3. The number of aliphatic hydroxyl groups excluding tert-OH is 2. The van der Waals surface area contributed by atoms with Crippen LogP contribution < -0.4 is 10.6 Å². The molecule has 4 N–H and O–H groups in total. The lowest BCUT2D eigenvalue weighted by Crippen LogP contribution is -2.49. The first-order valence-corrected chi connectivity index (χ1v) is 8.24. The molecule has 0 saturated heterocycles. The van der Waals surface area contributed by atoms with Crippen LogP contribution in [0.25, 0.3) is 6.08 Å². The molecule has 5 heteroatoms.